The summed E-state index contributed by atoms with van der Waals surface area (Å²) in [5, 5.41) is 13.9. The van der Waals surface area contributed by atoms with Gasteiger partial charge in [-0.15, -0.1) is 0 Å². The van der Waals surface area contributed by atoms with Crippen LogP contribution in [0, 0.1) is 0 Å². The van der Waals surface area contributed by atoms with E-state index >= 15 is 0 Å². The lowest BCUT2D eigenvalue weighted by Gasteiger charge is -2.40. The number of amides is 1. The molecule has 1 aliphatic carbocycles. The van der Waals surface area contributed by atoms with Gasteiger partial charge >= 0.3 is 6.09 Å². The van der Waals surface area contributed by atoms with Crippen LogP contribution in [-0.4, -0.2) is 22.8 Å². The number of hydrogen-bond donors (Lipinski definition) is 2. The number of benzene rings is 1. The zero-order valence-corrected chi connectivity index (χ0v) is 13.1. The van der Waals surface area contributed by atoms with Gasteiger partial charge in [0.25, 0.3) is 0 Å². The molecule has 2 atom stereocenters. The highest BCUT2D eigenvalue weighted by atomic mass is 16.6. The lowest BCUT2D eigenvalue weighted by Crippen LogP contribution is -2.53. The van der Waals surface area contributed by atoms with Crippen molar-refractivity contribution in [3.05, 3.63) is 35.9 Å². The molecule has 4 nitrogen and oxygen atoms in total. The molecule has 1 amide bonds. The molecule has 0 radical (unpaired) electrons. The molecule has 1 aromatic rings. The van der Waals surface area contributed by atoms with Gasteiger partial charge in [-0.05, 0) is 39.2 Å². The monoisotopic (exact) mass is 291 g/mol. The highest BCUT2D eigenvalue weighted by Gasteiger charge is 2.41. The van der Waals surface area contributed by atoms with Crippen LogP contribution in [0.1, 0.15) is 52.0 Å². The second-order valence-electron chi connectivity index (χ2n) is 6.73. The minimum Gasteiger partial charge on any atom is -0.444 e. The first kappa shape index (κ1) is 15.8. The summed E-state index contributed by atoms with van der Waals surface area (Å²) in [6.07, 6.45) is 2.89. The quantitative estimate of drug-likeness (QED) is 0.878. The summed E-state index contributed by atoms with van der Waals surface area (Å²) < 4.78 is 5.31. The van der Waals surface area contributed by atoms with Gasteiger partial charge in [-0.3, -0.25) is 0 Å². The number of aliphatic hydroxyl groups is 1. The van der Waals surface area contributed by atoms with Gasteiger partial charge in [-0.2, -0.15) is 0 Å². The molecule has 21 heavy (non-hydrogen) atoms. The van der Waals surface area contributed by atoms with Gasteiger partial charge in [0.05, 0.1) is 6.04 Å². The number of hydrogen-bond acceptors (Lipinski definition) is 3. The van der Waals surface area contributed by atoms with Gasteiger partial charge in [0.2, 0.25) is 0 Å². The van der Waals surface area contributed by atoms with Crippen molar-refractivity contribution in [2.75, 3.05) is 0 Å². The van der Waals surface area contributed by atoms with Crippen molar-refractivity contribution in [3.63, 3.8) is 0 Å². The van der Waals surface area contributed by atoms with E-state index in [-0.39, 0.29) is 6.04 Å². The Kier molecular flexibility index (Phi) is 4.57. The Morgan fingerprint density at radius 3 is 2.57 bits per heavy atom. The Bertz CT molecular complexity index is 481. The van der Waals surface area contributed by atoms with Crippen LogP contribution in [0.5, 0.6) is 0 Å². The number of nitrogens with one attached hydrogen (secondary N) is 1. The third kappa shape index (κ3) is 3.97. The maximum absolute atomic E-state index is 12.0. The van der Waals surface area contributed by atoms with E-state index in [1.54, 1.807) is 0 Å². The summed E-state index contributed by atoms with van der Waals surface area (Å²) in [4.78, 5) is 12.0. The average Bonchev–Trinajstić information content (AvgIpc) is 2.40. The summed E-state index contributed by atoms with van der Waals surface area (Å²) >= 11 is 0. The topological polar surface area (TPSA) is 58.6 Å². The van der Waals surface area contributed by atoms with Gasteiger partial charge in [0, 0.05) is 0 Å². The van der Waals surface area contributed by atoms with Crippen LogP contribution in [-0.2, 0) is 10.3 Å². The molecule has 0 saturated heterocycles. The van der Waals surface area contributed by atoms with Gasteiger partial charge in [0.15, 0.2) is 0 Å². The second-order valence-corrected chi connectivity index (χ2v) is 6.73. The van der Waals surface area contributed by atoms with E-state index in [1.165, 1.54) is 0 Å². The molecule has 1 aromatic carbocycles. The molecule has 0 bridgehead atoms. The first-order valence-electron chi connectivity index (χ1n) is 7.59. The number of rotatable bonds is 2. The second kappa shape index (κ2) is 6.06. The summed E-state index contributed by atoms with van der Waals surface area (Å²) in [6.45, 7) is 5.49. The number of carbonyl (C=O) groups is 1. The van der Waals surface area contributed by atoms with Crippen LogP contribution in [0.2, 0.25) is 0 Å². The Hall–Kier alpha value is -1.55. The van der Waals surface area contributed by atoms with E-state index in [0.717, 1.165) is 24.8 Å². The molecule has 4 heteroatoms. The molecule has 1 aliphatic rings. The molecule has 1 fully saturated rings. The zero-order valence-electron chi connectivity index (χ0n) is 13.1. The Morgan fingerprint density at radius 2 is 1.95 bits per heavy atom. The minimum atomic E-state index is -1.02. The first-order valence-corrected chi connectivity index (χ1v) is 7.59. The van der Waals surface area contributed by atoms with E-state index in [2.05, 4.69) is 5.32 Å². The van der Waals surface area contributed by atoms with Crippen molar-refractivity contribution >= 4 is 6.09 Å². The molecular formula is C17H25NO3. The fourth-order valence-corrected chi connectivity index (χ4v) is 2.87. The van der Waals surface area contributed by atoms with E-state index in [4.69, 9.17) is 4.74 Å². The number of ether oxygens (including phenoxy) is 1. The zero-order chi connectivity index (χ0) is 15.5. The fourth-order valence-electron chi connectivity index (χ4n) is 2.87. The highest BCUT2D eigenvalue weighted by molar-refractivity contribution is 5.68. The van der Waals surface area contributed by atoms with Crippen molar-refractivity contribution < 1.29 is 14.6 Å². The van der Waals surface area contributed by atoms with E-state index in [9.17, 15) is 9.90 Å². The van der Waals surface area contributed by atoms with Crippen molar-refractivity contribution in [3.8, 4) is 0 Å². The summed E-state index contributed by atoms with van der Waals surface area (Å²) in [6, 6.07) is 9.25. The van der Waals surface area contributed by atoms with Gasteiger partial charge in [0.1, 0.15) is 11.2 Å². The summed E-state index contributed by atoms with van der Waals surface area (Å²) in [5.74, 6) is 0. The Labute approximate surface area is 126 Å². The van der Waals surface area contributed by atoms with E-state index < -0.39 is 17.3 Å². The van der Waals surface area contributed by atoms with Gasteiger partial charge in [-0.25, -0.2) is 4.79 Å². The lowest BCUT2D eigenvalue weighted by molar-refractivity contribution is -0.0364. The highest BCUT2D eigenvalue weighted by Crippen LogP contribution is 2.37. The molecule has 116 valence electrons. The molecule has 0 aromatic heterocycles. The Balaban J connectivity index is 2.14. The molecular weight excluding hydrogens is 266 g/mol. The van der Waals surface area contributed by atoms with Crippen molar-refractivity contribution in [2.45, 2.75) is 63.7 Å². The van der Waals surface area contributed by atoms with Crippen LogP contribution < -0.4 is 5.32 Å². The average molecular weight is 291 g/mol. The maximum Gasteiger partial charge on any atom is 0.407 e. The standard InChI is InChI=1S/C17H25NO3/c1-16(2,3)21-15(19)18-14-11-7-8-12-17(14,20)13-9-5-4-6-10-13/h4-6,9-10,14,20H,7-8,11-12H2,1-3H3,(H,18,19)/t14-,17-/m0/s1. The van der Waals surface area contributed by atoms with E-state index in [0.29, 0.717) is 6.42 Å². The van der Waals surface area contributed by atoms with Crippen LogP contribution in [0.3, 0.4) is 0 Å². The number of carbonyl (C=O) groups excluding carboxylic acids is 1. The molecule has 2 N–H and O–H groups in total. The molecule has 2 rings (SSSR count). The van der Waals surface area contributed by atoms with Crippen molar-refractivity contribution in [1.29, 1.82) is 0 Å². The largest absolute Gasteiger partial charge is 0.444 e. The molecule has 0 heterocycles. The molecule has 0 spiro atoms. The van der Waals surface area contributed by atoms with E-state index in [1.807, 2.05) is 51.1 Å². The van der Waals surface area contributed by atoms with Crippen LogP contribution in [0.15, 0.2) is 30.3 Å². The maximum atomic E-state index is 12.0. The molecule has 0 unspecified atom stereocenters. The molecule has 0 aliphatic heterocycles. The third-order valence-corrected chi connectivity index (χ3v) is 3.84. The normalized spacial score (nSPS) is 26.2. The van der Waals surface area contributed by atoms with Crippen LogP contribution in [0.4, 0.5) is 4.79 Å². The van der Waals surface area contributed by atoms with Crippen LogP contribution >= 0.6 is 0 Å². The molecule has 1 saturated carbocycles. The third-order valence-electron chi connectivity index (χ3n) is 3.84. The van der Waals surface area contributed by atoms with Crippen LogP contribution in [0.25, 0.3) is 0 Å². The predicted molar refractivity (Wildman–Crippen MR) is 82.0 cm³/mol. The number of alkyl carbamates (subject to hydrolysis) is 1. The minimum absolute atomic E-state index is 0.316. The van der Waals surface area contributed by atoms with Gasteiger partial charge < -0.3 is 15.2 Å². The first-order chi connectivity index (χ1) is 9.81. The summed E-state index contributed by atoms with van der Waals surface area (Å²) in [7, 11) is 0. The van der Waals surface area contributed by atoms with Crippen molar-refractivity contribution in [1.82, 2.24) is 5.32 Å². The Morgan fingerprint density at radius 1 is 1.29 bits per heavy atom. The van der Waals surface area contributed by atoms with Gasteiger partial charge in [-0.1, -0.05) is 43.2 Å². The predicted octanol–water partition coefficient (Wildman–Crippen LogP) is 3.34. The SMILES string of the molecule is CC(C)(C)OC(=O)N[C@H]1CCCC[C@]1(O)c1ccccc1. The summed E-state index contributed by atoms with van der Waals surface area (Å²) in [5.41, 5.74) is -0.703. The lowest BCUT2D eigenvalue weighted by atomic mass is 9.76. The fraction of sp³-hybridized carbons (Fsp3) is 0.588. The smallest absolute Gasteiger partial charge is 0.407 e. The van der Waals surface area contributed by atoms with Crippen molar-refractivity contribution in [2.24, 2.45) is 0 Å².